The topological polar surface area (TPSA) is 46.5 Å². The van der Waals surface area contributed by atoms with E-state index in [2.05, 4.69) is 0 Å². The summed E-state index contributed by atoms with van der Waals surface area (Å²) >= 11 is 0. The molecule has 1 rings (SSSR count). The summed E-state index contributed by atoms with van der Waals surface area (Å²) in [7, 11) is 0. The van der Waals surface area contributed by atoms with Crippen molar-refractivity contribution in [2.45, 2.75) is 25.9 Å². The second kappa shape index (κ2) is 3.67. The highest BCUT2D eigenvalue weighted by Gasteiger charge is 2.22. The molecule has 1 aliphatic rings. The van der Waals surface area contributed by atoms with Crippen LogP contribution in [-0.2, 0) is 9.53 Å². The van der Waals surface area contributed by atoms with E-state index in [0.29, 0.717) is 13.0 Å². The minimum atomic E-state index is -1.51. The molecule has 1 aliphatic heterocycles. The van der Waals surface area contributed by atoms with E-state index in [1.807, 2.05) is 0 Å². The van der Waals surface area contributed by atoms with E-state index in [9.17, 15) is 9.18 Å². The predicted octanol–water partition coefficient (Wildman–Crippen LogP) is 1.49. The van der Waals surface area contributed by atoms with Crippen LogP contribution in [-0.4, -0.2) is 23.8 Å². The molecular formula is C8H11FO3. The molecule has 0 saturated carbocycles. The third kappa shape index (κ3) is 1.82. The van der Waals surface area contributed by atoms with Gasteiger partial charge in [-0.05, 0) is 25.3 Å². The normalized spacial score (nSPS) is 25.3. The number of ether oxygens (including phenoxy) is 1. The van der Waals surface area contributed by atoms with E-state index >= 15 is 0 Å². The van der Waals surface area contributed by atoms with Crippen LogP contribution < -0.4 is 0 Å². The van der Waals surface area contributed by atoms with Crippen molar-refractivity contribution in [2.24, 2.45) is 0 Å². The van der Waals surface area contributed by atoms with Crippen molar-refractivity contribution in [3.63, 3.8) is 0 Å². The first-order chi connectivity index (χ1) is 5.63. The fourth-order valence-corrected chi connectivity index (χ4v) is 1.23. The molecule has 0 aromatic carbocycles. The Labute approximate surface area is 69.8 Å². The summed E-state index contributed by atoms with van der Waals surface area (Å²) in [4.78, 5) is 10.2. The number of aliphatic carboxylic acids is 1. The van der Waals surface area contributed by atoms with Gasteiger partial charge in [-0.1, -0.05) is 0 Å². The van der Waals surface area contributed by atoms with Crippen molar-refractivity contribution >= 4 is 5.97 Å². The maximum absolute atomic E-state index is 12.8. The molecule has 0 spiro atoms. The average Bonchev–Trinajstić information content (AvgIpc) is 2.53. The Bertz CT molecular complexity index is 216. The van der Waals surface area contributed by atoms with Crippen molar-refractivity contribution in [3.05, 3.63) is 11.4 Å². The van der Waals surface area contributed by atoms with Gasteiger partial charge in [-0.2, -0.15) is 4.39 Å². The third-order valence-electron chi connectivity index (χ3n) is 1.95. The van der Waals surface area contributed by atoms with Crippen LogP contribution in [0.1, 0.15) is 19.8 Å². The Hall–Kier alpha value is -0.900. The number of rotatable bonds is 2. The molecule has 0 aromatic rings. The van der Waals surface area contributed by atoms with E-state index in [0.717, 1.165) is 6.42 Å². The van der Waals surface area contributed by atoms with Crippen LogP contribution in [0.5, 0.6) is 0 Å². The quantitative estimate of drug-likeness (QED) is 0.645. The van der Waals surface area contributed by atoms with Crippen molar-refractivity contribution in [1.29, 1.82) is 0 Å². The average molecular weight is 174 g/mol. The zero-order valence-corrected chi connectivity index (χ0v) is 6.84. The van der Waals surface area contributed by atoms with Crippen LogP contribution in [0.15, 0.2) is 11.4 Å². The highest BCUT2D eigenvalue weighted by atomic mass is 19.1. The molecule has 1 fully saturated rings. The lowest BCUT2D eigenvalue weighted by atomic mass is 10.1. The van der Waals surface area contributed by atoms with Crippen molar-refractivity contribution in [3.8, 4) is 0 Å². The fraction of sp³-hybridized carbons (Fsp3) is 0.625. The summed E-state index contributed by atoms with van der Waals surface area (Å²) in [5.74, 6) is -2.59. The van der Waals surface area contributed by atoms with Gasteiger partial charge >= 0.3 is 5.97 Å². The predicted molar refractivity (Wildman–Crippen MR) is 40.4 cm³/mol. The second-order valence-corrected chi connectivity index (χ2v) is 2.80. The zero-order chi connectivity index (χ0) is 9.14. The SMILES string of the molecule is C/C(=C(/F)C(=O)O)C1CCCO1. The summed E-state index contributed by atoms with van der Waals surface area (Å²) in [6.07, 6.45) is 1.25. The lowest BCUT2D eigenvalue weighted by Crippen LogP contribution is -2.11. The first kappa shape index (κ1) is 9.19. The van der Waals surface area contributed by atoms with E-state index in [1.54, 1.807) is 0 Å². The van der Waals surface area contributed by atoms with Gasteiger partial charge in [0.15, 0.2) is 0 Å². The lowest BCUT2D eigenvalue weighted by molar-refractivity contribution is -0.134. The monoisotopic (exact) mass is 174 g/mol. The standard InChI is InChI=1S/C8H11FO3/c1-5(7(9)8(10)11)6-3-2-4-12-6/h6H,2-4H2,1H3,(H,10,11)/b7-5-. The van der Waals surface area contributed by atoms with E-state index in [-0.39, 0.29) is 11.7 Å². The van der Waals surface area contributed by atoms with E-state index in [4.69, 9.17) is 9.84 Å². The molecule has 12 heavy (non-hydrogen) atoms. The zero-order valence-electron chi connectivity index (χ0n) is 6.84. The lowest BCUT2D eigenvalue weighted by Gasteiger charge is -2.09. The minimum Gasteiger partial charge on any atom is -0.476 e. The molecule has 1 heterocycles. The number of carbonyl (C=O) groups is 1. The number of hydrogen-bond donors (Lipinski definition) is 1. The van der Waals surface area contributed by atoms with Gasteiger partial charge in [-0.15, -0.1) is 0 Å². The molecule has 1 atom stereocenters. The maximum Gasteiger partial charge on any atom is 0.364 e. The molecule has 1 saturated heterocycles. The Morgan fingerprint density at radius 1 is 1.67 bits per heavy atom. The van der Waals surface area contributed by atoms with Crippen molar-refractivity contribution in [1.82, 2.24) is 0 Å². The largest absolute Gasteiger partial charge is 0.476 e. The van der Waals surface area contributed by atoms with Gasteiger partial charge in [0, 0.05) is 6.61 Å². The molecule has 0 radical (unpaired) electrons. The van der Waals surface area contributed by atoms with Gasteiger partial charge in [-0.25, -0.2) is 4.79 Å². The molecule has 1 N–H and O–H groups in total. The minimum absolute atomic E-state index is 0.194. The number of halogens is 1. The molecule has 0 aromatic heterocycles. The second-order valence-electron chi connectivity index (χ2n) is 2.80. The van der Waals surface area contributed by atoms with Crippen LogP contribution in [0, 0.1) is 0 Å². The molecule has 1 unspecified atom stereocenters. The number of carboxylic acid groups (broad SMARTS) is 1. The summed E-state index contributed by atoms with van der Waals surface area (Å²) in [6.45, 7) is 2.05. The smallest absolute Gasteiger partial charge is 0.364 e. The fourth-order valence-electron chi connectivity index (χ4n) is 1.23. The Morgan fingerprint density at radius 2 is 2.33 bits per heavy atom. The highest BCUT2D eigenvalue weighted by Crippen LogP contribution is 2.22. The van der Waals surface area contributed by atoms with Crippen LogP contribution in [0.4, 0.5) is 4.39 Å². The summed E-state index contributed by atoms with van der Waals surface area (Å²) in [5.41, 5.74) is 0.194. The van der Waals surface area contributed by atoms with Gasteiger partial charge in [0.05, 0.1) is 6.10 Å². The van der Waals surface area contributed by atoms with Crippen molar-refractivity contribution in [2.75, 3.05) is 6.61 Å². The first-order valence-corrected chi connectivity index (χ1v) is 3.84. The molecular weight excluding hydrogens is 163 g/mol. The van der Waals surface area contributed by atoms with Crippen LogP contribution in [0.25, 0.3) is 0 Å². The number of carboxylic acids is 1. The van der Waals surface area contributed by atoms with Gasteiger partial charge < -0.3 is 9.84 Å². The Balaban J connectivity index is 2.72. The highest BCUT2D eigenvalue weighted by molar-refractivity contribution is 5.84. The van der Waals surface area contributed by atoms with Crippen LogP contribution in [0.3, 0.4) is 0 Å². The summed E-state index contributed by atoms with van der Waals surface area (Å²) < 4.78 is 17.9. The Morgan fingerprint density at radius 3 is 2.75 bits per heavy atom. The molecule has 0 aliphatic carbocycles. The molecule has 0 amide bonds. The van der Waals surface area contributed by atoms with Gasteiger partial charge in [0.1, 0.15) is 0 Å². The molecule has 0 bridgehead atoms. The van der Waals surface area contributed by atoms with Crippen LogP contribution >= 0.6 is 0 Å². The van der Waals surface area contributed by atoms with Gasteiger partial charge in [-0.3, -0.25) is 0 Å². The summed E-state index contributed by atoms with van der Waals surface area (Å²) in [6, 6.07) is 0. The first-order valence-electron chi connectivity index (χ1n) is 3.84. The van der Waals surface area contributed by atoms with Gasteiger partial charge in [0.2, 0.25) is 5.83 Å². The van der Waals surface area contributed by atoms with E-state index in [1.165, 1.54) is 6.92 Å². The molecule has 3 nitrogen and oxygen atoms in total. The Kier molecular flexibility index (Phi) is 2.81. The van der Waals surface area contributed by atoms with Crippen molar-refractivity contribution < 1.29 is 19.0 Å². The van der Waals surface area contributed by atoms with Crippen LogP contribution in [0.2, 0.25) is 0 Å². The molecule has 68 valence electrons. The molecule has 4 heteroatoms. The number of hydrogen-bond acceptors (Lipinski definition) is 2. The summed E-state index contributed by atoms with van der Waals surface area (Å²) in [5, 5.41) is 8.32. The third-order valence-corrected chi connectivity index (χ3v) is 1.95. The van der Waals surface area contributed by atoms with Gasteiger partial charge in [0.25, 0.3) is 0 Å². The maximum atomic E-state index is 12.8. The van der Waals surface area contributed by atoms with E-state index < -0.39 is 11.8 Å².